The van der Waals surface area contributed by atoms with Crippen LogP contribution in [0.25, 0.3) is 0 Å². The van der Waals surface area contributed by atoms with Crippen molar-refractivity contribution in [3.63, 3.8) is 0 Å². The van der Waals surface area contributed by atoms with Gasteiger partial charge in [-0.3, -0.25) is 4.79 Å². The van der Waals surface area contributed by atoms with Crippen molar-refractivity contribution < 1.29 is 46.6 Å². The number of ether oxygens (including phenoxy) is 3. The van der Waals surface area contributed by atoms with E-state index in [0.29, 0.717) is 16.6 Å². The van der Waals surface area contributed by atoms with E-state index in [9.17, 15) is 33.0 Å². The first-order chi connectivity index (χ1) is 18.1. The molecule has 10 nitrogen and oxygen atoms in total. The Bertz CT molecular complexity index is 1260. The molecule has 0 spiro atoms. The number of amides is 2. The highest BCUT2D eigenvalue weighted by Crippen LogP contribution is 2.24. The predicted octanol–water partition coefficient (Wildman–Crippen LogP) is 2.92. The molecule has 0 aromatic heterocycles. The molecule has 39 heavy (non-hydrogen) atoms. The maximum atomic E-state index is 12.6. The van der Waals surface area contributed by atoms with E-state index in [1.807, 2.05) is 6.07 Å². The standard InChI is InChI=1S/C25H27BF3N3O7/c1-23(2,3)39-22(34)31-11-16-9-18(10-20-19(16)12-37-26(20)35)36-14-24(4,13-30)32-21(33)15-5-7-17(8-6-15)38-25(27,28)29/h5-10,35H,11-12,14H2,1-4H3,(H,31,34)(H,32,33). The second kappa shape index (κ2) is 11.4. The lowest BCUT2D eigenvalue weighted by atomic mass is 9.78. The second-order valence-electron chi connectivity index (χ2n) is 9.93. The predicted molar refractivity (Wildman–Crippen MR) is 132 cm³/mol. The minimum Gasteiger partial charge on any atom is -0.490 e. The van der Waals surface area contributed by atoms with E-state index in [-0.39, 0.29) is 31.1 Å². The Morgan fingerprint density at radius 2 is 1.79 bits per heavy atom. The molecule has 2 amide bonds. The third-order valence-corrected chi connectivity index (χ3v) is 5.34. The van der Waals surface area contributed by atoms with Crippen molar-refractivity contribution >= 4 is 24.6 Å². The fourth-order valence-electron chi connectivity index (χ4n) is 3.55. The number of halogens is 3. The minimum absolute atomic E-state index is 0.000644. The zero-order valence-electron chi connectivity index (χ0n) is 21.6. The molecule has 14 heteroatoms. The fraction of sp³-hybridized carbons (Fsp3) is 0.400. The molecule has 1 aliphatic rings. The summed E-state index contributed by atoms with van der Waals surface area (Å²) in [6.07, 6.45) is -5.51. The van der Waals surface area contributed by atoms with Crippen LogP contribution in [-0.2, 0) is 22.5 Å². The summed E-state index contributed by atoms with van der Waals surface area (Å²) in [6.45, 7) is 6.43. The monoisotopic (exact) mass is 549 g/mol. The summed E-state index contributed by atoms with van der Waals surface area (Å²) in [5.41, 5.74) is -0.548. The maximum Gasteiger partial charge on any atom is 0.573 e. The van der Waals surface area contributed by atoms with Gasteiger partial charge in [-0.15, -0.1) is 13.2 Å². The number of fused-ring (bicyclic) bond motifs is 1. The number of nitrogens with zero attached hydrogens (tertiary/aromatic N) is 1. The summed E-state index contributed by atoms with van der Waals surface area (Å²) in [6, 6.07) is 9.30. The van der Waals surface area contributed by atoms with Crippen molar-refractivity contribution in [2.24, 2.45) is 0 Å². The number of benzene rings is 2. The third kappa shape index (κ3) is 8.52. The van der Waals surface area contributed by atoms with Crippen molar-refractivity contribution in [3.05, 3.63) is 53.1 Å². The van der Waals surface area contributed by atoms with Crippen molar-refractivity contribution in [2.45, 2.75) is 58.3 Å². The topological polar surface area (TPSA) is 139 Å². The number of carbonyl (C=O) groups excluding carboxylic acids is 2. The zero-order chi connectivity index (χ0) is 29.0. The van der Waals surface area contributed by atoms with Crippen LogP contribution in [0.3, 0.4) is 0 Å². The average Bonchev–Trinajstić information content (AvgIpc) is 3.20. The van der Waals surface area contributed by atoms with Gasteiger partial charge in [-0.05, 0) is 80.7 Å². The van der Waals surface area contributed by atoms with E-state index in [1.54, 1.807) is 26.8 Å². The Morgan fingerprint density at radius 1 is 1.13 bits per heavy atom. The lowest BCUT2D eigenvalue weighted by Gasteiger charge is -2.24. The van der Waals surface area contributed by atoms with Crippen molar-refractivity contribution in [3.8, 4) is 17.6 Å². The van der Waals surface area contributed by atoms with Crippen LogP contribution in [0.15, 0.2) is 36.4 Å². The van der Waals surface area contributed by atoms with E-state index in [2.05, 4.69) is 15.4 Å². The van der Waals surface area contributed by atoms with Gasteiger partial charge in [0.1, 0.15) is 23.7 Å². The first-order valence-corrected chi connectivity index (χ1v) is 11.7. The summed E-state index contributed by atoms with van der Waals surface area (Å²) < 4.78 is 57.2. The summed E-state index contributed by atoms with van der Waals surface area (Å²) in [5.74, 6) is -0.977. The average molecular weight is 549 g/mol. The molecule has 0 saturated heterocycles. The largest absolute Gasteiger partial charge is 0.573 e. The van der Waals surface area contributed by atoms with E-state index < -0.39 is 42.4 Å². The molecule has 3 N–H and O–H groups in total. The molecule has 2 aromatic carbocycles. The number of rotatable bonds is 8. The highest BCUT2D eigenvalue weighted by atomic mass is 19.4. The number of hydrogen-bond donors (Lipinski definition) is 3. The van der Waals surface area contributed by atoms with Crippen LogP contribution in [0.1, 0.15) is 49.2 Å². The molecule has 1 aliphatic heterocycles. The van der Waals surface area contributed by atoms with Crippen molar-refractivity contribution in [1.82, 2.24) is 10.6 Å². The molecule has 3 rings (SSSR count). The van der Waals surface area contributed by atoms with Gasteiger partial charge in [0, 0.05) is 12.1 Å². The van der Waals surface area contributed by atoms with Gasteiger partial charge in [0.2, 0.25) is 0 Å². The summed E-state index contributed by atoms with van der Waals surface area (Å²) >= 11 is 0. The van der Waals surface area contributed by atoms with Crippen LogP contribution in [0.4, 0.5) is 18.0 Å². The molecule has 2 aromatic rings. The minimum atomic E-state index is -4.87. The summed E-state index contributed by atoms with van der Waals surface area (Å²) in [4.78, 5) is 24.7. The Balaban J connectivity index is 1.69. The SMILES string of the molecule is CC(C#N)(COc1cc(CNC(=O)OC(C)(C)C)c2c(c1)B(O)OC2)NC(=O)c1ccc(OC(F)(F)F)cc1. The number of nitrogens with one attached hydrogen (secondary N) is 2. The molecule has 1 unspecified atom stereocenters. The third-order valence-electron chi connectivity index (χ3n) is 5.34. The number of carbonyl (C=O) groups is 2. The van der Waals surface area contributed by atoms with E-state index >= 15 is 0 Å². The molecular weight excluding hydrogens is 522 g/mol. The number of nitriles is 1. The van der Waals surface area contributed by atoms with E-state index in [0.717, 1.165) is 24.3 Å². The van der Waals surface area contributed by atoms with Crippen molar-refractivity contribution in [1.29, 1.82) is 5.26 Å². The van der Waals surface area contributed by atoms with Gasteiger partial charge in [-0.25, -0.2) is 4.79 Å². The molecular formula is C25H27BF3N3O7. The van der Waals surface area contributed by atoms with Crippen LogP contribution < -0.4 is 25.6 Å². The zero-order valence-corrected chi connectivity index (χ0v) is 21.6. The quantitative estimate of drug-likeness (QED) is 0.428. The fourth-order valence-corrected chi connectivity index (χ4v) is 3.55. The number of alkyl halides is 3. The summed E-state index contributed by atoms with van der Waals surface area (Å²) in [7, 11) is -1.21. The first kappa shape index (κ1) is 29.6. The highest BCUT2D eigenvalue weighted by molar-refractivity contribution is 6.61. The molecule has 0 fully saturated rings. The number of alkyl carbamates (subject to hydrolysis) is 1. The van der Waals surface area contributed by atoms with Gasteiger partial charge >= 0.3 is 19.6 Å². The maximum absolute atomic E-state index is 12.6. The number of hydrogen-bond acceptors (Lipinski definition) is 8. The lowest BCUT2D eigenvalue weighted by Crippen LogP contribution is -2.49. The summed E-state index contributed by atoms with van der Waals surface area (Å²) in [5, 5.41) is 25.0. The normalized spacial score (nSPS) is 14.5. The van der Waals surface area contributed by atoms with Gasteiger partial charge in [0.25, 0.3) is 5.91 Å². The highest BCUT2D eigenvalue weighted by Gasteiger charge is 2.33. The van der Waals surface area contributed by atoms with Gasteiger partial charge in [0.15, 0.2) is 5.54 Å². The Hall–Kier alpha value is -3.96. The Labute approximate surface area is 223 Å². The molecule has 0 aliphatic carbocycles. The van der Waals surface area contributed by atoms with Crippen LogP contribution in [0.2, 0.25) is 0 Å². The van der Waals surface area contributed by atoms with Crippen LogP contribution in [0.5, 0.6) is 11.5 Å². The van der Waals surface area contributed by atoms with Crippen LogP contribution in [-0.4, -0.2) is 48.3 Å². The van der Waals surface area contributed by atoms with Gasteiger partial charge < -0.3 is 34.5 Å². The van der Waals surface area contributed by atoms with Gasteiger partial charge in [-0.2, -0.15) is 5.26 Å². The van der Waals surface area contributed by atoms with Crippen LogP contribution >= 0.6 is 0 Å². The van der Waals surface area contributed by atoms with Crippen molar-refractivity contribution in [2.75, 3.05) is 6.61 Å². The molecule has 0 radical (unpaired) electrons. The molecule has 208 valence electrons. The van der Waals surface area contributed by atoms with Crippen LogP contribution in [0, 0.1) is 11.3 Å². The van der Waals surface area contributed by atoms with Gasteiger partial charge in [-0.1, -0.05) is 0 Å². The molecule has 0 saturated carbocycles. The van der Waals surface area contributed by atoms with E-state index in [4.69, 9.17) is 14.1 Å². The molecule has 1 atom stereocenters. The molecule has 1 heterocycles. The first-order valence-electron chi connectivity index (χ1n) is 11.7. The van der Waals surface area contributed by atoms with E-state index in [1.165, 1.54) is 13.0 Å². The molecule has 0 bridgehead atoms. The smallest absolute Gasteiger partial charge is 0.490 e. The lowest BCUT2D eigenvalue weighted by molar-refractivity contribution is -0.274. The second-order valence-corrected chi connectivity index (χ2v) is 9.93. The Kier molecular flexibility index (Phi) is 8.67. The van der Waals surface area contributed by atoms with Gasteiger partial charge in [0.05, 0.1) is 12.7 Å². The Morgan fingerprint density at radius 3 is 2.38 bits per heavy atom.